The van der Waals surface area contributed by atoms with E-state index in [1.54, 1.807) is 12.1 Å². The number of amides is 2. The third kappa shape index (κ3) is 4.25. The van der Waals surface area contributed by atoms with E-state index in [9.17, 15) is 14.0 Å². The highest BCUT2D eigenvalue weighted by molar-refractivity contribution is 9.10. The van der Waals surface area contributed by atoms with Crippen LogP contribution in [0.15, 0.2) is 22.7 Å². The molecule has 0 bridgehead atoms. The summed E-state index contributed by atoms with van der Waals surface area (Å²) < 4.78 is 14.1. The Bertz CT molecular complexity index is 525. The van der Waals surface area contributed by atoms with Crippen molar-refractivity contribution in [3.8, 4) is 0 Å². The Morgan fingerprint density at radius 2 is 2.05 bits per heavy atom. The quantitative estimate of drug-likeness (QED) is 0.851. The molecule has 0 saturated carbocycles. The number of piperidine rings is 1. The van der Waals surface area contributed by atoms with Gasteiger partial charge in [0.2, 0.25) is 5.91 Å². The number of rotatable bonds is 4. The highest BCUT2D eigenvalue weighted by Gasteiger charge is 2.23. The van der Waals surface area contributed by atoms with Gasteiger partial charge in [-0.1, -0.05) is 6.07 Å². The molecular formula is C14H17BrFN3O2. The van der Waals surface area contributed by atoms with Gasteiger partial charge in [0, 0.05) is 23.6 Å². The van der Waals surface area contributed by atoms with E-state index in [-0.39, 0.29) is 24.1 Å². The Morgan fingerprint density at radius 1 is 1.38 bits per heavy atom. The topological polar surface area (TPSA) is 75.4 Å². The molecule has 1 aliphatic rings. The number of halogens is 2. The molecule has 1 heterocycles. The van der Waals surface area contributed by atoms with E-state index in [0.29, 0.717) is 30.4 Å². The van der Waals surface area contributed by atoms with Crippen LogP contribution >= 0.6 is 15.9 Å². The molecule has 1 saturated heterocycles. The summed E-state index contributed by atoms with van der Waals surface area (Å²) in [6, 6.07) is 4.41. The third-order valence-electron chi connectivity index (χ3n) is 3.49. The van der Waals surface area contributed by atoms with Gasteiger partial charge in [0.05, 0.1) is 12.1 Å². The van der Waals surface area contributed by atoms with Gasteiger partial charge in [-0.05, 0) is 40.9 Å². The smallest absolute Gasteiger partial charge is 0.255 e. The first-order chi connectivity index (χ1) is 9.97. The molecule has 1 aromatic carbocycles. The monoisotopic (exact) mass is 357 g/mol. The average molecular weight is 358 g/mol. The molecule has 7 heteroatoms. The van der Waals surface area contributed by atoms with Crippen LogP contribution in [0.5, 0.6) is 0 Å². The number of primary amides is 1. The maximum absolute atomic E-state index is 13.7. The Kier molecular flexibility index (Phi) is 5.30. The molecule has 0 aliphatic carbocycles. The Labute approximate surface area is 130 Å². The van der Waals surface area contributed by atoms with Crippen molar-refractivity contribution in [1.29, 1.82) is 0 Å². The fraction of sp³-hybridized carbons (Fsp3) is 0.429. The van der Waals surface area contributed by atoms with Crippen molar-refractivity contribution in [2.24, 2.45) is 5.73 Å². The van der Waals surface area contributed by atoms with E-state index >= 15 is 0 Å². The lowest BCUT2D eigenvalue weighted by molar-refractivity contribution is -0.119. The van der Waals surface area contributed by atoms with Gasteiger partial charge in [0.25, 0.3) is 5.91 Å². The highest BCUT2D eigenvalue weighted by Crippen LogP contribution is 2.20. The van der Waals surface area contributed by atoms with Crippen LogP contribution in [0.3, 0.4) is 0 Å². The number of benzene rings is 1. The molecule has 1 fully saturated rings. The molecule has 0 spiro atoms. The van der Waals surface area contributed by atoms with Gasteiger partial charge in [-0.25, -0.2) is 4.39 Å². The molecule has 3 N–H and O–H groups in total. The van der Waals surface area contributed by atoms with Crippen LogP contribution < -0.4 is 11.1 Å². The summed E-state index contributed by atoms with van der Waals surface area (Å²) in [6.07, 6.45) is 1.43. The van der Waals surface area contributed by atoms with Gasteiger partial charge in [-0.3, -0.25) is 14.5 Å². The molecule has 5 nitrogen and oxygen atoms in total. The predicted molar refractivity (Wildman–Crippen MR) is 80.2 cm³/mol. The van der Waals surface area contributed by atoms with Crippen LogP contribution in [0.2, 0.25) is 0 Å². The van der Waals surface area contributed by atoms with Gasteiger partial charge in [-0.15, -0.1) is 0 Å². The van der Waals surface area contributed by atoms with Crippen LogP contribution in [0, 0.1) is 5.82 Å². The summed E-state index contributed by atoms with van der Waals surface area (Å²) in [5, 5.41) is 2.84. The molecule has 0 atom stereocenters. The second-order valence-electron chi connectivity index (χ2n) is 5.09. The first kappa shape index (κ1) is 15.9. The number of likely N-dealkylation sites (tertiary alicyclic amines) is 1. The summed E-state index contributed by atoms with van der Waals surface area (Å²) in [7, 11) is 0. The number of carbonyl (C=O) groups excluding carboxylic acids is 2. The zero-order valence-electron chi connectivity index (χ0n) is 11.4. The lowest BCUT2D eigenvalue weighted by Crippen LogP contribution is -2.46. The molecule has 0 radical (unpaired) electrons. The molecule has 21 heavy (non-hydrogen) atoms. The molecule has 2 rings (SSSR count). The fourth-order valence-electron chi connectivity index (χ4n) is 2.43. The van der Waals surface area contributed by atoms with Crippen molar-refractivity contribution in [1.82, 2.24) is 10.2 Å². The second kappa shape index (κ2) is 7.00. The van der Waals surface area contributed by atoms with E-state index in [2.05, 4.69) is 21.2 Å². The number of nitrogens with zero attached hydrogens (tertiary/aromatic N) is 1. The van der Waals surface area contributed by atoms with Crippen molar-refractivity contribution in [2.75, 3.05) is 19.6 Å². The van der Waals surface area contributed by atoms with E-state index in [1.165, 1.54) is 6.07 Å². The first-order valence-electron chi connectivity index (χ1n) is 6.73. The number of nitrogens with one attached hydrogen (secondary N) is 1. The molecule has 114 valence electrons. The maximum Gasteiger partial charge on any atom is 0.255 e. The molecule has 0 unspecified atom stereocenters. The van der Waals surface area contributed by atoms with Crippen LogP contribution in [0.25, 0.3) is 0 Å². The summed E-state index contributed by atoms with van der Waals surface area (Å²) in [4.78, 5) is 24.9. The standard InChI is InChI=1S/C14H17BrFN3O2/c15-10-2-1-3-11(16)13(10)14(21)18-9-4-6-19(7-5-9)8-12(17)20/h1-3,9H,4-8H2,(H2,17,20)(H,18,21). The largest absolute Gasteiger partial charge is 0.369 e. The van der Waals surface area contributed by atoms with Crippen molar-refractivity contribution in [3.05, 3.63) is 34.1 Å². The van der Waals surface area contributed by atoms with Crippen molar-refractivity contribution < 1.29 is 14.0 Å². The van der Waals surface area contributed by atoms with Crippen molar-refractivity contribution in [2.45, 2.75) is 18.9 Å². The van der Waals surface area contributed by atoms with E-state index < -0.39 is 11.7 Å². The van der Waals surface area contributed by atoms with E-state index in [1.807, 2.05) is 4.90 Å². The predicted octanol–water partition coefficient (Wildman–Crippen LogP) is 1.27. The highest BCUT2D eigenvalue weighted by atomic mass is 79.9. The van der Waals surface area contributed by atoms with E-state index in [4.69, 9.17) is 5.73 Å². The van der Waals surface area contributed by atoms with E-state index in [0.717, 1.165) is 0 Å². The number of nitrogens with two attached hydrogens (primary N) is 1. The van der Waals surface area contributed by atoms with Gasteiger partial charge in [0.15, 0.2) is 0 Å². The van der Waals surface area contributed by atoms with Gasteiger partial charge in [0.1, 0.15) is 5.82 Å². The average Bonchev–Trinajstić information content (AvgIpc) is 2.40. The van der Waals surface area contributed by atoms with Gasteiger partial charge >= 0.3 is 0 Å². The maximum atomic E-state index is 13.7. The molecule has 1 aromatic rings. The fourth-order valence-corrected chi connectivity index (χ4v) is 2.95. The van der Waals surface area contributed by atoms with Crippen molar-refractivity contribution >= 4 is 27.7 Å². The summed E-state index contributed by atoms with van der Waals surface area (Å²) in [5.41, 5.74) is 5.18. The lowest BCUT2D eigenvalue weighted by atomic mass is 10.0. The molecule has 0 aromatic heterocycles. The van der Waals surface area contributed by atoms with Crippen LogP contribution in [0.4, 0.5) is 4.39 Å². The second-order valence-corrected chi connectivity index (χ2v) is 5.94. The summed E-state index contributed by atoms with van der Waals surface area (Å²) in [5.74, 6) is -1.32. The molecule has 1 aliphatic heterocycles. The van der Waals surface area contributed by atoms with Crippen LogP contribution in [-0.2, 0) is 4.79 Å². The van der Waals surface area contributed by atoms with Crippen LogP contribution in [-0.4, -0.2) is 42.4 Å². The third-order valence-corrected chi connectivity index (χ3v) is 4.15. The summed E-state index contributed by atoms with van der Waals surface area (Å²) >= 11 is 3.19. The minimum Gasteiger partial charge on any atom is -0.369 e. The lowest BCUT2D eigenvalue weighted by Gasteiger charge is -2.31. The first-order valence-corrected chi connectivity index (χ1v) is 7.52. The summed E-state index contributed by atoms with van der Waals surface area (Å²) in [6.45, 7) is 1.61. The normalized spacial score (nSPS) is 16.7. The van der Waals surface area contributed by atoms with Crippen molar-refractivity contribution in [3.63, 3.8) is 0 Å². The van der Waals surface area contributed by atoms with Gasteiger partial charge in [-0.2, -0.15) is 0 Å². The molecule has 2 amide bonds. The zero-order valence-corrected chi connectivity index (χ0v) is 13.0. The zero-order chi connectivity index (χ0) is 15.4. The van der Waals surface area contributed by atoms with Crippen LogP contribution in [0.1, 0.15) is 23.2 Å². The van der Waals surface area contributed by atoms with Gasteiger partial charge < -0.3 is 11.1 Å². The Morgan fingerprint density at radius 3 is 2.62 bits per heavy atom. The minimum absolute atomic E-state index is 0.0202. The minimum atomic E-state index is -0.548. The number of hydrogen-bond acceptors (Lipinski definition) is 3. The Hall–Kier alpha value is -1.47. The molecular weight excluding hydrogens is 341 g/mol. The SMILES string of the molecule is NC(=O)CN1CCC(NC(=O)c2c(F)cccc2Br)CC1. The Balaban J connectivity index is 1.92. The number of carbonyl (C=O) groups is 2. The number of hydrogen-bond donors (Lipinski definition) is 2.